The number of hydrogen-bond acceptors (Lipinski definition) is 3. The number of nitrogens with zero attached hydrogens (tertiary/aromatic N) is 1. The quantitative estimate of drug-likeness (QED) is 0.162. The van der Waals surface area contributed by atoms with Crippen LogP contribution in [0.2, 0.25) is 0 Å². The fourth-order valence-corrected chi connectivity index (χ4v) is 15.9. The van der Waals surface area contributed by atoms with Crippen molar-refractivity contribution >= 4 is 62.1 Å². The molecule has 340 valence electrons. The van der Waals surface area contributed by atoms with Crippen molar-refractivity contribution in [1.82, 2.24) is 0 Å². The molecule has 0 fully saturated rings. The van der Waals surface area contributed by atoms with Crippen LogP contribution in [-0.2, 0) is 10.8 Å². The number of anilines is 3. The van der Waals surface area contributed by atoms with E-state index in [-0.39, 0.29) is 0 Å². The van der Waals surface area contributed by atoms with E-state index in [4.69, 9.17) is 0 Å². The molecule has 2 aliphatic heterocycles. The highest BCUT2D eigenvalue weighted by Crippen LogP contribution is 2.66. The zero-order valence-corrected chi connectivity index (χ0v) is 41.2. The predicted octanol–water partition coefficient (Wildman–Crippen LogP) is 18.8. The molecule has 16 rings (SSSR count). The molecule has 0 unspecified atom stereocenters. The normalized spacial score (nSPS) is 14.4. The molecule has 0 amide bonds. The van der Waals surface area contributed by atoms with Gasteiger partial charge in [0.1, 0.15) is 0 Å². The second kappa shape index (κ2) is 15.6. The molecular formula is C70H43NS2. The lowest BCUT2D eigenvalue weighted by molar-refractivity contribution is 0.722. The summed E-state index contributed by atoms with van der Waals surface area (Å²) in [5.74, 6) is 0. The Balaban J connectivity index is 0.940. The van der Waals surface area contributed by atoms with Gasteiger partial charge >= 0.3 is 0 Å². The molecule has 2 heterocycles. The molecule has 0 radical (unpaired) electrons. The Kier molecular flexibility index (Phi) is 8.81. The smallest absolute Gasteiger partial charge is 0.0736 e. The molecule has 12 aromatic rings. The van der Waals surface area contributed by atoms with Gasteiger partial charge in [-0.25, -0.2) is 0 Å². The third kappa shape index (κ3) is 5.61. The minimum atomic E-state index is -0.500. The molecule has 12 aromatic carbocycles. The molecule has 73 heavy (non-hydrogen) atoms. The molecule has 4 aliphatic rings. The maximum atomic E-state index is 2.55. The van der Waals surface area contributed by atoms with Crippen molar-refractivity contribution in [3.05, 3.63) is 305 Å². The van der Waals surface area contributed by atoms with E-state index in [1.165, 1.54) is 119 Å². The van der Waals surface area contributed by atoms with Gasteiger partial charge in [0, 0.05) is 36.5 Å². The topological polar surface area (TPSA) is 3.24 Å². The van der Waals surface area contributed by atoms with Crippen molar-refractivity contribution < 1.29 is 0 Å². The van der Waals surface area contributed by atoms with Crippen LogP contribution in [0.25, 0.3) is 54.9 Å². The maximum Gasteiger partial charge on any atom is 0.0736 e. The van der Waals surface area contributed by atoms with Crippen molar-refractivity contribution in [2.75, 3.05) is 4.90 Å². The summed E-state index contributed by atoms with van der Waals surface area (Å²) in [5.41, 5.74) is 20.6. The lowest BCUT2D eigenvalue weighted by Gasteiger charge is -2.40. The summed E-state index contributed by atoms with van der Waals surface area (Å²) >= 11 is 3.78. The first-order valence-corrected chi connectivity index (χ1v) is 26.9. The SMILES string of the molecule is c1ccc2c(c1)Sc1ccccc1C21c2ccccc2-c2cc(N(c3ccc(-c4ccc5c(ccc6ccccc65)c4)cc3)c3cccc4c3-c3ccccc3C43c4ccccc4Sc4ccccc43)ccc21. The number of fused-ring (bicyclic) bond motifs is 21. The van der Waals surface area contributed by atoms with Crippen molar-refractivity contribution in [2.45, 2.75) is 30.4 Å². The fourth-order valence-electron chi connectivity index (χ4n) is 13.5. The highest BCUT2D eigenvalue weighted by molar-refractivity contribution is 7.99. The molecule has 0 saturated heterocycles. The largest absolute Gasteiger partial charge is 0.310 e. The summed E-state index contributed by atoms with van der Waals surface area (Å²) in [6.45, 7) is 0. The molecule has 0 N–H and O–H groups in total. The summed E-state index contributed by atoms with van der Waals surface area (Å²) in [4.78, 5) is 7.78. The second-order valence-corrected chi connectivity index (χ2v) is 22.0. The summed E-state index contributed by atoms with van der Waals surface area (Å²) in [6, 6.07) is 98.6. The molecule has 0 saturated carbocycles. The Labute approximate surface area is 433 Å². The number of hydrogen-bond donors (Lipinski definition) is 0. The van der Waals surface area contributed by atoms with E-state index in [1.54, 1.807) is 0 Å². The fraction of sp³-hybridized carbons (Fsp3) is 0.0286. The van der Waals surface area contributed by atoms with Gasteiger partial charge in [-0.15, -0.1) is 0 Å². The Hall–Kier alpha value is -8.34. The Morgan fingerprint density at radius 2 is 0.740 bits per heavy atom. The van der Waals surface area contributed by atoms with Crippen molar-refractivity contribution in [2.24, 2.45) is 0 Å². The summed E-state index contributed by atoms with van der Waals surface area (Å²) < 4.78 is 0. The van der Waals surface area contributed by atoms with Gasteiger partial charge in [-0.1, -0.05) is 224 Å². The van der Waals surface area contributed by atoms with E-state index in [9.17, 15) is 0 Å². The highest BCUT2D eigenvalue weighted by atomic mass is 32.2. The lowest BCUT2D eigenvalue weighted by Crippen LogP contribution is -2.32. The molecule has 1 nitrogen and oxygen atoms in total. The van der Waals surface area contributed by atoms with Crippen LogP contribution < -0.4 is 4.90 Å². The van der Waals surface area contributed by atoms with Crippen LogP contribution in [0.3, 0.4) is 0 Å². The average molecular weight is 962 g/mol. The van der Waals surface area contributed by atoms with Crippen LogP contribution in [0.5, 0.6) is 0 Å². The average Bonchev–Trinajstić information content (AvgIpc) is 3.91. The first-order valence-electron chi connectivity index (χ1n) is 25.2. The third-order valence-electron chi connectivity index (χ3n) is 16.4. The van der Waals surface area contributed by atoms with Gasteiger partial charge in [0.25, 0.3) is 0 Å². The Morgan fingerprint density at radius 3 is 1.40 bits per heavy atom. The molecular weight excluding hydrogens is 919 g/mol. The van der Waals surface area contributed by atoms with Gasteiger partial charge in [0.05, 0.1) is 16.5 Å². The van der Waals surface area contributed by atoms with Crippen LogP contribution in [0.1, 0.15) is 44.5 Å². The second-order valence-electron chi connectivity index (χ2n) is 19.8. The zero-order valence-electron chi connectivity index (χ0n) is 39.6. The molecule has 2 aliphatic carbocycles. The van der Waals surface area contributed by atoms with Gasteiger partial charge in [-0.05, 0) is 155 Å². The van der Waals surface area contributed by atoms with Crippen LogP contribution in [0, 0.1) is 0 Å². The monoisotopic (exact) mass is 961 g/mol. The summed E-state index contributed by atoms with van der Waals surface area (Å²) in [7, 11) is 0. The first-order chi connectivity index (χ1) is 36.2. The van der Waals surface area contributed by atoms with E-state index < -0.39 is 10.8 Å². The molecule has 0 aromatic heterocycles. The van der Waals surface area contributed by atoms with E-state index in [1.807, 2.05) is 23.5 Å². The van der Waals surface area contributed by atoms with Gasteiger partial charge < -0.3 is 4.90 Å². The van der Waals surface area contributed by atoms with Crippen molar-refractivity contribution in [3.63, 3.8) is 0 Å². The third-order valence-corrected chi connectivity index (χ3v) is 18.7. The van der Waals surface area contributed by atoms with Gasteiger partial charge in [-0.3, -0.25) is 0 Å². The minimum absolute atomic E-state index is 0.458. The van der Waals surface area contributed by atoms with Crippen LogP contribution in [0.4, 0.5) is 17.1 Å². The van der Waals surface area contributed by atoms with E-state index in [0.717, 1.165) is 17.1 Å². The standard InChI is InChI=1S/C70H43NS2/c1-2-17-50-45(16-1)32-33-47-42-46(36-40-51(47)50)44-34-37-48(38-35-44)71(49-39-41-57-54(43-49)52-18-3-5-20-55(52)69(57)58-22-7-11-28-64(58)72-65-29-12-8-23-59(65)69)63-27-15-26-62-68(63)53-19-4-6-21-56(53)70(62)60-24-9-13-30-66(60)73-67-31-14-10-25-61(67)70/h1-43H. The van der Waals surface area contributed by atoms with Gasteiger partial charge in [0.2, 0.25) is 0 Å². The van der Waals surface area contributed by atoms with Crippen LogP contribution >= 0.6 is 23.5 Å². The van der Waals surface area contributed by atoms with E-state index in [2.05, 4.69) is 266 Å². The predicted molar refractivity (Wildman–Crippen MR) is 304 cm³/mol. The van der Waals surface area contributed by atoms with Crippen molar-refractivity contribution in [3.8, 4) is 33.4 Å². The van der Waals surface area contributed by atoms with Gasteiger partial charge in [0.15, 0.2) is 0 Å². The Bertz CT molecular complexity index is 4210. The van der Waals surface area contributed by atoms with Crippen molar-refractivity contribution in [1.29, 1.82) is 0 Å². The van der Waals surface area contributed by atoms with E-state index >= 15 is 0 Å². The first kappa shape index (κ1) is 41.3. The van der Waals surface area contributed by atoms with Crippen LogP contribution in [-0.4, -0.2) is 0 Å². The maximum absolute atomic E-state index is 2.55. The van der Waals surface area contributed by atoms with Crippen LogP contribution in [0.15, 0.2) is 280 Å². The zero-order chi connectivity index (χ0) is 47.8. The number of rotatable bonds is 4. The van der Waals surface area contributed by atoms with E-state index in [0.29, 0.717) is 0 Å². The molecule has 0 bridgehead atoms. The molecule has 2 spiro atoms. The Morgan fingerprint density at radius 1 is 0.274 bits per heavy atom. The van der Waals surface area contributed by atoms with Gasteiger partial charge in [-0.2, -0.15) is 0 Å². The lowest BCUT2D eigenvalue weighted by atomic mass is 9.67. The summed E-state index contributed by atoms with van der Waals surface area (Å²) in [6.07, 6.45) is 0. The molecule has 0 atom stereocenters. The summed E-state index contributed by atoms with van der Waals surface area (Å²) in [5, 5.41) is 5.08. The number of benzene rings is 12. The highest BCUT2D eigenvalue weighted by Gasteiger charge is 2.52. The minimum Gasteiger partial charge on any atom is -0.310 e. The molecule has 3 heteroatoms.